The van der Waals surface area contributed by atoms with Crippen LogP contribution >= 0.6 is 90.6 Å². The fourth-order valence-corrected chi connectivity index (χ4v) is 50.7. The summed E-state index contributed by atoms with van der Waals surface area (Å²) in [5.41, 5.74) is -1.53. The summed E-state index contributed by atoms with van der Waals surface area (Å²) in [4.78, 5) is 14.1. The van der Waals surface area contributed by atoms with Crippen molar-refractivity contribution in [3.63, 3.8) is 0 Å². The van der Waals surface area contributed by atoms with E-state index in [1.54, 1.807) is 0 Å². The number of carbonyl (C=O) groups is 1. The molecule has 166 valence electrons. The van der Waals surface area contributed by atoms with Crippen molar-refractivity contribution in [3.8, 4) is 0 Å². The van der Waals surface area contributed by atoms with Crippen LogP contribution in [0.4, 0.5) is 0 Å². The first-order chi connectivity index (χ1) is 13.4. The molecule has 3 aliphatic rings. The number of Topliss-reactive ketones (excluding diaryl/α,β-unsaturated/α-hetero) is 1. The third kappa shape index (κ3) is 4.19. The highest BCUT2D eigenvalue weighted by atomic mass is 33.1. The van der Waals surface area contributed by atoms with Gasteiger partial charge < -0.3 is 14.2 Å². The van der Waals surface area contributed by atoms with Crippen molar-refractivity contribution in [2.24, 2.45) is 16.7 Å². The van der Waals surface area contributed by atoms with Crippen LogP contribution in [0.1, 0.15) is 33.6 Å². The van der Waals surface area contributed by atoms with E-state index in [9.17, 15) is 9.90 Å². The molecule has 0 aromatic carbocycles. The van der Waals surface area contributed by atoms with Gasteiger partial charge in [-0.25, -0.2) is 0 Å². The fourth-order valence-electron chi connectivity index (χ4n) is 5.85. The Morgan fingerprint density at radius 3 is 2.34 bits per heavy atom. The molecule has 0 aliphatic heterocycles. The molecule has 3 aliphatic carbocycles. The second kappa shape index (κ2) is 10.2. The van der Waals surface area contributed by atoms with Gasteiger partial charge in [-0.2, -0.15) is 0 Å². The van der Waals surface area contributed by atoms with Crippen molar-refractivity contribution in [1.29, 1.82) is 0 Å². The van der Waals surface area contributed by atoms with Crippen LogP contribution in [0, 0.1) is 16.7 Å². The molecule has 0 aromatic heterocycles. The Bertz CT molecular complexity index is 703. The van der Waals surface area contributed by atoms with Gasteiger partial charge in [0.2, 0.25) is 0 Å². The highest BCUT2D eigenvalue weighted by Crippen LogP contribution is 3.06. The van der Waals surface area contributed by atoms with Crippen LogP contribution in [0.3, 0.4) is 0 Å². The first kappa shape index (κ1) is 27.6. The average molecular weight is 604 g/mol. The number of allylic oxidation sites excluding steroid dienone is 1. The summed E-state index contributed by atoms with van der Waals surface area (Å²) >= 11 is 0. The lowest BCUT2D eigenvalue weighted by atomic mass is 9.55. The van der Waals surface area contributed by atoms with Gasteiger partial charge in [0, 0.05) is 21.9 Å². The minimum absolute atomic E-state index is 0.0613. The molecule has 29 heavy (non-hydrogen) atoms. The molecule has 0 saturated heterocycles. The molecule has 1 spiro atoms. The van der Waals surface area contributed by atoms with E-state index in [2.05, 4.69) is 73.5 Å². The predicted octanol–water partition coefficient (Wildman–Crippen LogP) is 7.37. The predicted molar refractivity (Wildman–Crippen MR) is 157 cm³/mol. The maximum Gasteiger partial charge on any atom is 0.175 e. The number of rotatable bonds is 7. The monoisotopic (exact) mass is 604 g/mol. The Balaban J connectivity index is 2.05. The summed E-state index contributed by atoms with van der Waals surface area (Å²) in [5, 5.41) is 12.2. The van der Waals surface area contributed by atoms with Crippen LogP contribution in [0.2, 0.25) is 0 Å². The summed E-state index contributed by atoms with van der Waals surface area (Å²) in [7, 11) is 16.6. The van der Waals surface area contributed by atoms with E-state index in [4.69, 9.17) is 9.05 Å². The molecule has 14 atom stereocenters. The second-order valence-corrected chi connectivity index (χ2v) is 41.4. The minimum atomic E-state index is -1.22. The maximum atomic E-state index is 14.1. The quantitative estimate of drug-likeness (QED) is 0.244. The highest BCUT2D eigenvalue weighted by Gasteiger charge is 2.81. The molecule has 0 aromatic rings. The molecule has 0 amide bonds. The second-order valence-electron chi connectivity index (χ2n) is 8.28. The van der Waals surface area contributed by atoms with Gasteiger partial charge in [-0.15, -0.1) is 35.7 Å². The van der Waals surface area contributed by atoms with E-state index in [0.29, 0.717) is 6.42 Å². The molecule has 1 N–H and O–H groups in total. The van der Waals surface area contributed by atoms with Crippen LogP contribution < -0.4 is 0 Å². The number of hydrogen-bond acceptors (Lipinski definition) is 4. The summed E-state index contributed by atoms with van der Waals surface area (Å²) < 4.78 is 12.8. The molecule has 11 unspecified atom stereocenters. The van der Waals surface area contributed by atoms with E-state index >= 15 is 0 Å². The molecule has 4 nitrogen and oxygen atoms in total. The van der Waals surface area contributed by atoms with Gasteiger partial charge in [0.15, 0.2) is 5.78 Å². The van der Waals surface area contributed by atoms with E-state index in [1.807, 2.05) is 6.92 Å². The molecule has 2 fully saturated rings. The third-order valence-electron chi connectivity index (χ3n) is 6.83. The minimum Gasteiger partial charge on any atom is -0.386 e. The third-order valence-corrected chi connectivity index (χ3v) is 47.8. The Labute approximate surface area is 194 Å². The van der Waals surface area contributed by atoms with Crippen LogP contribution in [-0.4, -0.2) is 28.7 Å². The Morgan fingerprint density at radius 2 is 1.83 bits per heavy atom. The normalized spacial score (nSPS) is 40.8. The fraction of sp³-hybridized carbons (Fsp3) is 0.786. The lowest BCUT2D eigenvalue weighted by Crippen LogP contribution is -2.55. The van der Waals surface area contributed by atoms with Gasteiger partial charge in [0.1, 0.15) is 11.7 Å². The number of fused-ring (bicyclic) bond motifs is 1. The lowest BCUT2D eigenvalue weighted by molar-refractivity contribution is -0.143. The molecule has 0 radical (unpaired) electrons. The zero-order valence-corrected chi connectivity index (χ0v) is 28.2. The smallest absolute Gasteiger partial charge is 0.175 e. The van der Waals surface area contributed by atoms with Gasteiger partial charge >= 0.3 is 0 Å². The lowest BCUT2D eigenvalue weighted by Gasteiger charge is -2.48. The Morgan fingerprint density at radius 1 is 1.21 bits per heavy atom. The van der Waals surface area contributed by atoms with Gasteiger partial charge in [-0.05, 0) is 38.7 Å². The first-order valence-corrected chi connectivity index (χ1v) is 27.2. The van der Waals surface area contributed by atoms with Gasteiger partial charge in [-0.1, -0.05) is 43.4 Å². The zero-order chi connectivity index (χ0) is 21.9. The number of aliphatic hydroxyl groups is 1. The Kier molecular flexibility index (Phi) is 9.69. The molecule has 0 heterocycles. The molecule has 2 bridgehead atoms. The van der Waals surface area contributed by atoms with Crippen LogP contribution in [0.25, 0.3) is 0 Å². The topological polar surface area (TPSA) is 55.8 Å². The molecule has 2 saturated carbocycles. The average Bonchev–Trinajstić information content (AvgIpc) is 2.87. The Hall–Kier alpha value is 4.02. The summed E-state index contributed by atoms with van der Waals surface area (Å²) in [6, 6.07) is 0. The van der Waals surface area contributed by atoms with E-state index < -0.39 is 38.6 Å². The number of hydrogen-bond donors (Lipinski definition) is 1. The van der Waals surface area contributed by atoms with Crippen molar-refractivity contribution in [2.75, 3.05) is 0 Å². The molecular formula is C14H31O4P11. The largest absolute Gasteiger partial charge is 0.386 e. The summed E-state index contributed by atoms with van der Waals surface area (Å²) in [6.45, 7) is 5.10. The SMILES string of the molecule is CC1=CCC2[C@@H](OPP)[C@]3(O)C[C@@H](OP(P(P)P)P(P)P(P)P)C(=O)C13C2(C)C. The van der Waals surface area contributed by atoms with Crippen LogP contribution in [-0.2, 0) is 13.8 Å². The van der Waals surface area contributed by atoms with Crippen LogP contribution in [0.5, 0.6) is 0 Å². The van der Waals surface area contributed by atoms with E-state index in [1.165, 1.54) is 0 Å². The van der Waals surface area contributed by atoms with Crippen molar-refractivity contribution < 1.29 is 18.9 Å². The summed E-state index contributed by atoms with van der Waals surface area (Å²) in [5.74, 6) is 0.188. The maximum absolute atomic E-state index is 14.1. The van der Waals surface area contributed by atoms with E-state index in [0.717, 1.165) is 12.0 Å². The summed E-state index contributed by atoms with van der Waals surface area (Å²) in [6.07, 6.45) is 2.40. The van der Waals surface area contributed by atoms with Crippen molar-refractivity contribution in [3.05, 3.63) is 11.6 Å². The highest BCUT2D eigenvalue weighted by molar-refractivity contribution is 9.07. The first-order valence-electron chi connectivity index (χ1n) is 9.03. The molecule has 15 heteroatoms. The standard InChI is InChI=1S/C14H31O4P11/c1-7-4-5-8-11(17-25-19)13(16)6-9(10(15)14(7,13)12(8,2)3)18-26(27(20)21)29(24)28(22)23/h4,8-9,11,16,25H,5-6,19-24H2,1-3H3/t8?,9-,11-,13-,14?,26?,29?/m1/s1. The van der Waals surface area contributed by atoms with Gasteiger partial charge in [0.05, 0.1) is 19.0 Å². The van der Waals surface area contributed by atoms with Crippen molar-refractivity contribution in [1.82, 2.24) is 0 Å². The zero-order valence-electron chi connectivity index (χ0n) is 16.6. The number of ketones is 1. The number of carbonyl (C=O) groups excluding carboxylic acids is 1. The molecule has 3 rings (SSSR count). The molecular weight excluding hydrogens is 573 g/mol. The van der Waals surface area contributed by atoms with Gasteiger partial charge in [-0.3, -0.25) is 4.79 Å². The van der Waals surface area contributed by atoms with Crippen molar-refractivity contribution in [2.45, 2.75) is 51.4 Å². The van der Waals surface area contributed by atoms with Crippen molar-refractivity contribution >= 4 is 96.3 Å². The van der Waals surface area contributed by atoms with Crippen LogP contribution in [0.15, 0.2) is 11.6 Å². The van der Waals surface area contributed by atoms with E-state index in [-0.39, 0.29) is 38.7 Å². The van der Waals surface area contributed by atoms with Gasteiger partial charge in [0.25, 0.3) is 0 Å².